The third-order valence-electron chi connectivity index (χ3n) is 6.32. The van der Waals surface area contributed by atoms with Crippen molar-refractivity contribution >= 4 is 20.9 Å². The van der Waals surface area contributed by atoms with Gasteiger partial charge in [0.05, 0.1) is 11.4 Å². The molecule has 2 fully saturated rings. The fourth-order valence-electron chi connectivity index (χ4n) is 5.00. The minimum Gasteiger partial charge on any atom is -0.447 e. The lowest BCUT2D eigenvalue weighted by atomic mass is 10.0. The van der Waals surface area contributed by atoms with Crippen LogP contribution in [0.1, 0.15) is 42.6 Å². The van der Waals surface area contributed by atoms with Gasteiger partial charge in [-0.25, -0.2) is 8.42 Å². The maximum atomic E-state index is 13.1. The molecule has 2 bridgehead atoms. The monoisotopic (exact) mass is 430 g/mol. The molecule has 0 amide bonds. The van der Waals surface area contributed by atoms with E-state index in [1.165, 1.54) is 0 Å². The van der Waals surface area contributed by atoms with Gasteiger partial charge in [-0.15, -0.1) is 0 Å². The summed E-state index contributed by atoms with van der Waals surface area (Å²) in [5, 5.41) is 6.83. The van der Waals surface area contributed by atoms with Crippen molar-refractivity contribution in [2.24, 2.45) is 0 Å². The fourth-order valence-corrected chi connectivity index (χ4v) is 6.95. The normalized spacial score (nSPS) is 24.6. The van der Waals surface area contributed by atoms with Crippen LogP contribution in [-0.2, 0) is 9.84 Å². The smallest absolute Gasteiger partial charge is 0.394 e. The number of rotatable bonds is 5. The number of oxazole rings is 1. The Kier molecular flexibility index (Phi) is 4.62. The Morgan fingerprint density at radius 3 is 2.60 bits per heavy atom. The predicted octanol–water partition coefficient (Wildman–Crippen LogP) is 3.28. The maximum Gasteiger partial charge on any atom is 0.394 e. The number of hydrogen-bond donors (Lipinski definition) is 1. The fraction of sp³-hybridized carbons (Fsp3) is 0.524. The zero-order chi connectivity index (χ0) is 21.0. The first kappa shape index (κ1) is 19.6. The number of aromatic amines is 1. The molecule has 0 saturated carbocycles. The standard InChI is InChI=1S/C21H26N4O4S/c1-12-4-7-19-18(8-12)22-21(29-19)28-17-9-15-5-6-16(10-17)25(15)11-30(26,27)20-13(2)23-24-14(20)3/h4,7-8,15-17H,5-6,9-11H2,1-3H3,(H,23,24)/t15-,16+,17-. The van der Waals surface area contributed by atoms with E-state index < -0.39 is 9.84 Å². The van der Waals surface area contributed by atoms with E-state index >= 15 is 0 Å². The van der Waals surface area contributed by atoms with Crippen LogP contribution in [0.3, 0.4) is 0 Å². The predicted molar refractivity (Wildman–Crippen MR) is 111 cm³/mol. The Morgan fingerprint density at radius 2 is 1.93 bits per heavy atom. The SMILES string of the molecule is Cc1ccc2oc(O[C@@H]3C[C@H]4CC[C@@H](C3)N4CS(=O)(=O)c3c(C)n[nH]c3C)nc2c1. The van der Waals surface area contributed by atoms with Crippen LogP contribution < -0.4 is 4.74 Å². The number of hydrogen-bond acceptors (Lipinski definition) is 7. The molecule has 3 atom stereocenters. The zero-order valence-corrected chi connectivity index (χ0v) is 18.2. The van der Waals surface area contributed by atoms with Crippen LogP contribution in [0.25, 0.3) is 11.1 Å². The Labute approximate surface area is 175 Å². The van der Waals surface area contributed by atoms with E-state index in [9.17, 15) is 8.42 Å². The molecular formula is C21H26N4O4S. The van der Waals surface area contributed by atoms with Gasteiger partial charge in [-0.05, 0) is 51.3 Å². The quantitative estimate of drug-likeness (QED) is 0.663. The molecule has 1 aromatic carbocycles. The summed E-state index contributed by atoms with van der Waals surface area (Å²) in [6, 6.07) is 6.23. The summed E-state index contributed by atoms with van der Waals surface area (Å²) in [4.78, 5) is 6.93. The summed E-state index contributed by atoms with van der Waals surface area (Å²) in [6.07, 6.45) is 3.78. The minimum atomic E-state index is -3.44. The number of aromatic nitrogens is 3. The summed E-state index contributed by atoms with van der Waals surface area (Å²) in [5.74, 6) is 0.0262. The van der Waals surface area contributed by atoms with E-state index in [1.54, 1.807) is 13.8 Å². The van der Waals surface area contributed by atoms with Gasteiger partial charge in [-0.2, -0.15) is 10.1 Å². The van der Waals surface area contributed by atoms with E-state index in [0.29, 0.717) is 27.9 Å². The first-order valence-electron chi connectivity index (χ1n) is 10.3. The highest BCUT2D eigenvalue weighted by molar-refractivity contribution is 7.91. The summed E-state index contributed by atoms with van der Waals surface area (Å²) < 4.78 is 38.0. The minimum absolute atomic E-state index is 0.0204. The second-order valence-corrected chi connectivity index (χ2v) is 10.5. The van der Waals surface area contributed by atoms with Crippen molar-refractivity contribution in [3.63, 3.8) is 0 Å². The van der Waals surface area contributed by atoms with Crippen LogP contribution in [0.4, 0.5) is 0 Å². The number of aryl methyl sites for hydroxylation is 3. The lowest BCUT2D eigenvalue weighted by molar-refractivity contribution is 0.0437. The van der Waals surface area contributed by atoms with E-state index in [1.807, 2.05) is 25.1 Å². The van der Waals surface area contributed by atoms with Crippen LogP contribution in [0.5, 0.6) is 6.08 Å². The van der Waals surface area contributed by atoms with Crippen LogP contribution in [0.15, 0.2) is 27.5 Å². The molecule has 5 rings (SSSR count). The van der Waals surface area contributed by atoms with Crippen molar-refractivity contribution in [3.05, 3.63) is 35.2 Å². The van der Waals surface area contributed by atoms with Crippen molar-refractivity contribution in [3.8, 4) is 6.08 Å². The maximum absolute atomic E-state index is 13.1. The number of ether oxygens (including phenoxy) is 1. The van der Waals surface area contributed by atoms with Gasteiger partial charge in [0, 0.05) is 24.9 Å². The van der Waals surface area contributed by atoms with Gasteiger partial charge in [0.1, 0.15) is 22.4 Å². The largest absolute Gasteiger partial charge is 0.447 e. The number of sulfone groups is 1. The number of fused-ring (bicyclic) bond motifs is 3. The van der Waals surface area contributed by atoms with Gasteiger partial charge in [-0.1, -0.05) is 6.07 Å². The molecular weight excluding hydrogens is 404 g/mol. The first-order chi connectivity index (χ1) is 14.3. The molecule has 0 unspecified atom stereocenters. The average molecular weight is 431 g/mol. The van der Waals surface area contributed by atoms with Crippen LogP contribution >= 0.6 is 0 Å². The molecule has 0 spiro atoms. The average Bonchev–Trinajstić information content (AvgIpc) is 3.28. The third-order valence-corrected chi connectivity index (χ3v) is 8.18. The van der Waals surface area contributed by atoms with Gasteiger partial charge >= 0.3 is 6.08 Å². The van der Waals surface area contributed by atoms with Gasteiger partial charge in [0.2, 0.25) is 0 Å². The highest BCUT2D eigenvalue weighted by Crippen LogP contribution is 2.38. The van der Waals surface area contributed by atoms with Gasteiger partial charge < -0.3 is 9.15 Å². The van der Waals surface area contributed by atoms with E-state index in [4.69, 9.17) is 9.15 Å². The highest BCUT2D eigenvalue weighted by Gasteiger charge is 2.44. The lowest BCUT2D eigenvalue weighted by Gasteiger charge is -2.37. The second kappa shape index (κ2) is 7.09. The summed E-state index contributed by atoms with van der Waals surface area (Å²) in [5.41, 5.74) is 3.77. The van der Waals surface area contributed by atoms with Crippen LogP contribution in [0, 0.1) is 20.8 Å². The number of nitrogens with zero attached hydrogens (tertiary/aromatic N) is 3. The molecule has 8 nitrogen and oxygen atoms in total. The molecule has 2 aromatic heterocycles. The topological polar surface area (TPSA) is 101 Å². The van der Waals surface area contributed by atoms with Crippen molar-refractivity contribution in [1.82, 2.24) is 20.1 Å². The molecule has 0 radical (unpaired) electrons. The third kappa shape index (κ3) is 3.39. The molecule has 0 aliphatic carbocycles. The Balaban J connectivity index is 1.30. The summed E-state index contributed by atoms with van der Waals surface area (Å²) >= 11 is 0. The van der Waals surface area contributed by atoms with Gasteiger partial charge in [0.15, 0.2) is 15.4 Å². The number of benzene rings is 1. The number of piperidine rings is 1. The number of H-pyrrole nitrogens is 1. The van der Waals surface area contributed by atoms with Crippen molar-refractivity contribution in [2.75, 3.05) is 5.88 Å². The van der Waals surface area contributed by atoms with Crippen molar-refractivity contribution < 1.29 is 17.6 Å². The Morgan fingerprint density at radius 1 is 1.20 bits per heavy atom. The molecule has 30 heavy (non-hydrogen) atoms. The van der Waals surface area contributed by atoms with Crippen molar-refractivity contribution in [1.29, 1.82) is 0 Å². The van der Waals surface area contributed by atoms with E-state index in [2.05, 4.69) is 20.1 Å². The van der Waals surface area contributed by atoms with E-state index in [-0.39, 0.29) is 24.1 Å². The summed E-state index contributed by atoms with van der Waals surface area (Å²) in [6.45, 7) is 5.50. The van der Waals surface area contributed by atoms with Gasteiger partial charge in [-0.3, -0.25) is 10.00 Å². The highest BCUT2D eigenvalue weighted by atomic mass is 32.2. The molecule has 2 aliphatic heterocycles. The molecule has 9 heteroatoms. The van der Waals surface area contributed by atoms with Gasteiger partial charge in [0.25, 0.3) is 0 Å². The first-order valence-corrected chi connectivity index (χ1v) is 12.0. The zero-order valence-electron chi connectivity index (χ0n) is 17.4. The van der Waals surface area contributed by atoms with E-state index in [0.717, 1.165) is 36.8 Å². The van der Waals surface area contributed by atoms with Crippen LogP contribution in [0.2, 0.25) is 0 Å². The molecule has 4 heterocycles. The number of nitrogens with one attached hydrogen (secondary N) is 1. The Bertz CT molecular complexity index is 1170. The van der Waals surface area contributed by atoms with Crippen molar-refractivity contribution in [2.45, 2.75) is 69.5 Å². The lowest BCUT2D eigenvalue weighted by Crippen LogP contribution is -2.48. The molecule has 160 valence electrons. The summed E-state index contributed by atoms with van der Waals surface area (Å²) in [7, 11) is -3.44. The molecule has 2 aliphatic rings. The Hall–Kier alpha value is -2.39. The second-order valence-electron chi connectivity index (χ2n) is 8.57. The molecule has 1 N–H and O–H groups in total. The molecule has 2 saturated heterocycles. The molecule has 3 aromatic rings. The van der Waals surface area contributed by atoms with Crippen LogP contribution in [-0.4, -0.2) is 52.6 Å².